The Kier molecular flexibility index (Phi) is 4.11. The highest BCUT2D eigenvalue weighted by Crippen LogP contribution is 2.49. The first-order valence-electron chi connectivity index (χ1n) is 11.6. The molecule has 34 heavy (non-hydrogen) atoms. The number of aryl methyl sites for hydroxylation is 1. The van der Waals surface area contributed by atoms with Gasteiger partial charge in [-0.3, -0.25) is 9.59 Å². The van der Waals surface area contributed by atoms with Gasteiger partial charge in [0.1, 0.15) is 17.3 Å². The third-order valence-electron chi connectivity index (χ3n) is 5.50. The van der Waals surface area contributed by atoms with Gasteiger partial charge >= 0.3 is 0 Å². The molecule has 1 atom stereocenters. The Morgan fingerprint density at radius 1 is 1.26 bits per heavy atom. The Balaban J connectivity index is 1.53. The van der Waals surface area contributed by atoms with E-state index in [9.17, 15) is 18.4 Å². The van der Waals surface area contributed by atoms with Crippen LogP contribution in [0.2, 0.25) is 0 Å². The average Bonchev–Trinajstić information content (AvgIpc) is 3.26. The molecule has 2 amide bonds. The molecule has 5 rings (SSSR count). The van der Waals surface area contributed by atoms with Crippen molar-refractivity contribution in [2.45, 2.75) is 18.9 Å². The van der Waals surface area contributed by atoms with Crippen LogP contribution in [0, 0.1) is 5.92 Å². The first kappa shape index (κ1) is 18.2. The number of halogens is 2. The number of aromatic nitrogens is 6. The molecule has 0 unspecified atom stereocenters. The molecule has 2 aliphatic rings. The molecular weight excluding hydrogens is 450 g/mol. The van der Waals surface area contributed by atoms with Crippen molar-refractivity contribution >= 4 is 34.8 Å². The van der Waals surface area contributed by atoms with Gasteiger partial charge in [0.2, 0.25) is 5.91 Å². The molecule has 4 heterocycles. The minimum atomic E-state index is -3.09. The lowest BCUT2D eigenvalue weighted by Gasteiger charge is -2.28. The topological polar surface area (TPSA) is 143 Å². The zero-order valence-corrected chi connectivity index (χ0v) is 17.9. The van der Waals surface area contributed by atoms with Gasteiger partial charge in [-0.1, -0.05) is 0 Å². The number of amides is 2. The number of carbonyl (C=O) groups is 2. The minimum Gasteiger partial charge on any atom is -0.365 e. The zero-order chi connectivity index (χ0) is 26.7. The number of anilines is 4. The fourth-order valence-electron chi connectivity index (χ4n) is 3.80. The molecule has 1 aliphatic heterocycles. The smallest absolute Gasteiger partial charge is 0.273 e. The molecule has 1 saturated carbocycles. The summed E-state index contributed by atoms with van der Waals surface area (Å²) < 4.78 is 48.6. The molecule has 0 spiro atoms. The highest BCUT2D eigenvalue weighted by molar-refractivity contribution is 6.00. The van der Waals surface area contributed by atoms with Crippen molar-refractivity contribution in [2.75, 3.05) is 29.6 Å². The highest BCUT2D eigenvalue weighted by atomic mass is 19.3. The van der Waals surface area contributed by atoms with Crippen LogP contribution in [0.1, 0.15) is 26.7 Å². The van der Waals surface area contributed by atoms with Crippen LogP contribution >= 0.6 is 0 Å². The molecule has 12 nitrogen and oxygen atoms in total. The summed E-state index contributed by atoms with van der Waals surface area (Å²) in [5.41, 5.74) is 2.23. The zero-order valence-electron chi connectivity index (χ0n) is 20.9. The second-order valence-electron chi connectivity index (χ2n) is 7.97. The van der Waals surface area contributed by atoms with Crippen molar-refractivity contribution in [3.8, 4) is 11.3 Å². The first-order valence-corrected chi connectivity index (χ1v) is 10.1. The van der Waals surface area contributed by atoms with Crippen LogP contribution in [0.25, 0.3) is 11.3 Å². The van der Waals surface area contributed by atoms with Gasteiger partial charge in [0.15, 0.2) is 17.3 Å². The van der Waals surface area contributed by atoms with E-state index < -0.39 is 42.7 Å². The Labute approximate surface area is 196 Å². The van der Waals surface area contributed by atoms with Crippen LogP contribution in [-0.2, 0) is 18.4 Å². The lowest BCUT2D eigenvalue weighted by Crippen LogP contribution is -2.25. The van der Waals surface area contributed by atoms with Gasteiger partial charge in [-0.25, -0.2) is 13.8 Å². The summed E-state index contributed by atoms with van der Waals surface area (Å²) in [5.74, 6) is -6.55. The SMILES string of the molecule is [2H]C([2H])([2H])NC(=O)c1nnc(NC(=O)[C@@H]2CC2(F)F)cc1Nc1nccc2c1N(C)Cc1nn(C)nc1-2. The second-order valence-corrected chi connectivity index (χ2v) is 7.97. The van der Waals surface area contributed by atoms with Crippen molar-refractivity contribution in [3.63, 3.8) is 0 Å². The van der Waals surface area contributed by atoms with Crippen LogP contribution in [0.4, 0.5) is 31.8 Å². The summed E-state index contributed by atoms with van der Waals surface area (Å²) in [6.07, 6.45) is 0.931. The molecule has 176 valence electrons. The predicted octanol–water partition coefficient (Wildman–Crippen LogP) is 1.31. The molecule has 3 aromatic heterocycles. The Morgan fingerprint density at radius 3 is 2.79 bits per heavy atom. The van der Waals surface area contributed by atoms with Crippen molar-refractivity contribution in [3.05, 3.63) is 29.7 Å². The van der Waals surface area contributed by atoms with Crippen LogP contribution in [-0.4, -0.2) is 61.9 Å². The fraction of sp³-hybridized carbons (Fsp3) is 0.350. The maximum Gasteiger partial charge on any atom is 0.273 e. The summed E-state index contributed by atoms with van der Waals surface area (Å²) in [4.78, 5) is 32.5. The third-order valence-corrected chi connectivity index (χ3v) is 5.50. The lowest BCUT2D eigenvalue weighted by molar-refractivity contribution is -0.119. The van der Waals surface area contributed by atoms with Crippen LogP contribution in [0.15, 0.2) is 18.3 Å². The van der Waals surface area contributed by atoms with E-state index in [2.05, 4.69) is 36.0 Å². The number of hydrogen-bond donors (Lipinski definition) is 3. The molecule has 0 saturated heterocycles. The van der Waals surface area contributed by atoms with E-state index >= 15 is 0 Å². The van der Waals surface area contributed by atoms with E-state index in [0.717, 1.165) is 5.69 Å². The van der Waals surface area contributed by atoms with E-state index in [4.69, 9.17) is 4.11 Å². The highest BCUT2D eigenvalue weighted by Gasteiger charge is 2.61. The molecule has 0 radical (unpaired) electrons. The lowest BCUT2D eigenvalue weighted by atomic mass is 10.0. The largest absolute Gasteiger partial charge is 0.365 e. The number of carbonyl (C=O) groups excluding carboxylic acids is 2. The molecule has 14 heteroatoms. The van der Waals surface area contributed by atoms with Crippen LogP contribution < -0.4 is 20.9 Å². The van der Waals surface area contributed by atoms with Crippen molar-refractivity contribution in [1.82, 2.24) is 35.5 Å². The van der Waals surface area contributed by atoms with E-state index in [1.807, 2.05) is 10.2 Å². The molecular formula is C20H20F2N10O2. The monoisotopic (exact) mass is 473 g/mol. The van der Waals surface area contributed by atoms with Gasteiger partial charge in [-0.15, -0.1) is 10.2 Å². The Bertz CT molecular complexity index is 1430. The quantitative estimate of drug-likeness (QED) is 0.500. The third kappa shape index (κ3) is 3.66. The van der Waals surface area contributed by atoms with E-state index in [1.54, 1.807) is 20.2 Å². The van der Waals surface area contributed by atoms with Gasteiger partial charge in [0, 0.05) is 49.4 Å². The number of hydrogen-bond acceptors (Lipinski definition) is 9. The number of pyridine rings is 1. The van der Waals surface area contributed by atoms with Crippen molar-refractivity contribution < 1.29 is 22.5 Å². The molecule has 0 aromatic carbocycles. The van der Waals surface area contributed by atoms with Crippen molar-refractivity contribution in [2.24, 2.45) is 13.0 Å². The molecule has 3 N–H and O–H groups in total. The number of rotatable bonds is 5. The fourth-order valence-corrected chi connectivity index (χ4v) is 3.80. The number of nitrogens with one attached hydrogen (secondary N) is 3. The van der Waals surface area contributed by atoms with E-state index in [0.29, 0.717) is 23.5 Å². The molecule has 1 aliphatic carbocycles. The van der Waals surface area contributed by atoms with Crippen LogP contribution in [0.5, 0.6) is 0 Å². The summed E-state index contributed by atoms with van der Waals surface area (Å²) in [6.45, 7) is -2.40. The summed E-state index contributed by atoms with van der Waals surface area (Å²) >= 11 is 0. The van der Waals surface area contributed by atoms with Gasteiger partial charge < -0.3 is 20.9 Å². The summed E-state index contributed by atoms with van der Waals surface area (Å²) in [5, 5.41) is 23.3. The summed E-state index contributed by atoms with van der Waals surface area (Å²) in [7, 11) is 3.50. The molecule has 3 aromatic rings. The first-order chi connectivity index (χ1) is 17.3. The predicted molar refractivity (Wildman–Crippen MR) is 117 cm³/mol. The number of alkyl halides is 2. The van der Waals surface area contributed by atoms with Gasteiger partial charge in [0.05, 0.1) is 17.9 Å². The molecule has 1 fully saturated rings. The normalized spacial score (nSPS) is 19.1. The average molecular weight is 473 g/mol. The standard InChI is InChI=1S/C20H20F2N10O2/c1-23-19(34)15-11(6-13(27-28-15)26-18(33)10-7-20(10,21)22)25-17-16-9(4-5-24-17)14-12(8-31(16)2)29-32(3)30-14/h4-6,10H,7-8H2,1-3H3,(H,23,34)(H2,24,25,26,27,33)/t10-/m0/s1/i1D3. The van der Waals surface area contributed by atoms with E-state index in [-0.39, 0.29) is 17.3 Å². The van der Waals surface area contributed by atoms with Crippen LogP contribution in [0.3, 0.4) is 0 Å². The minimum absolute atomic E-state index is 0.0613. The maximum absolute atomic E-state index is 13.3. The van der Waals surface area contributed by atoms with Gasteiger partial charge in [-0.2, -0.15) is 15.0 Å². The molecule has 0 bridgehead atoms. The maximum atomic E-state index is 13.3. The van der Waals surface area contributed by atoms with Crippen molar-refractivity contribution in [1.29, 1.82) is 0 Å². The van der Waals surface area contributed by atoms with Gasteiger partial charge in [-0.05, 0) is 6.07 Å². The Morgan fingerprint density at radius 2 is 2.06 bits per heavy atom. The van der Waals surface area contributed by atoms with Gasteiger partial charge in [0.25, 0.3) is 11.8 Å². The Hall–Kier alpha value is -4.23. The number of nitrogens with zero attached hydrogens (tertiary/aromatic N) is 7. The van der Waals surface area contributed by atoms with E-state index in [1.165, 1.54) is 17.1 Å². The number of fused-ring (bicyclic) bond motifs is 3. The second kappa shape index (κ2) is 7.67. The summed E-state index contributed by atoms with van der Waals surface area (Å²) in [6, 6.07) is 2.94.